The Hall–Kier alpha value is -6.37. The highest BCUT2D eigenvalue weighted by atomic mass is 16.8. The molecule has 0 aromatic heterocycles. The van der Waals surface area contributed by atoms with Gasteiger partial charge in [0, 0.05) is 60.3 Å². The molecule has 0 bridgehead atoms. The van der Waals surface area contributed by atoms with E-state index < -0.39 is 400 Å². The van der Waals surface area contributed by atoms with Crippen LogP contribution in [-0.4, -0.2) is 517 Å². The van der Waals surface area contributed by atoms with Crippen LogP contribution in [0.5, 0.6) is 0 Å². The maximum absolute atomic E-state index is 14.4. The number of amides is 4. The van der Waals surface area contributed by atoms with Crippen LogP contribution >= 0.6 is 0 Å². The number of ether oxygens (including phenoxy) is 16. The molecule has 8 fully saturated rings. The number of rotatable bonds is 39. The molecule has 4 amide bonds. The Bertz CT molecular complexity index is 3720. The lowest BCUT2D eigenvalue weighted by molar-refractivity contribution is -0.405. The maximum atomic E-state index is 14.4. The number of nitrogens with two attached hydrogens (primary N) is 1. The van der Waals surface area contributed by atoms with E-state index in [1.165, 1.54) is 0 Å². The molecule has 8 heterocycles. The van der Waals surface area contributed by atoms with Gasteiger partial charge in [0.05, 0.1) is 94.8 Å². The molecule has 0 aliphatic carbocycles. The third-order valence-electron chi connectivity index (χ3n) is 22.5. The molecule has 0 spiro atoms. The lowest BCUT2D eigenvalue weighted by atomic mass is 9.86. The first-order chi connectivity index (χ1) is 59.9. The fourth-order valence-corrected chi connectivity index (χ4v) is 16.1. The Morgan fingerprint density at radius 2 is 0.711 bits per heavy atom. The molecule has 44 atom stereocenters. The summed E-state index contributed by atoms with van der Waals surface area (Å²) in [4.78, 5) is 118. The zero-order chi connectivity index (χ0) is 95.9. The van der Waals surface area contributed by atoms with Gasteiger partial charge < -0.3 is 246 Å². The van der Waals surface area contributed by atoms with Gasteiger partial charge >= 0.3 is 29.8 Å². The van der Waals surface area contributed by atoms with E-state index in [0.29, 0.717) is 0 Å². The van der Waals surface area contributed by atoms with Crippen molar-refractivity contribution in [2.24, 2.45) is 5.73 Å². The Morgan fingerprint density at radius 3 is 1.12 bits per heavy atom. The Kier molecular flexibility index (Phi) is 37.3. The Labute approximate surface area is 721 Å². The maximum Gasteiger partial charge on any atom is 0.364 e. The van der Waals surface area contributed by atoms with Crippen LogP contribution in [0.3, 0.4) is 0 Å². The molecule has 58 nitrogen and oxygen atoms in total. The second kappa shape index (κ2) is 44.7. The zero-order valence-corrected chi connectivity index (χ0v) is 68.4. The largest absolute Gasteiger partial charge is 0.477 e. The van der Waals surface area contributed by atoms with Gasteiger partial charge in [-0.15, -0.1) is 0 Å². The zero-order valence-electron chi connectivity index (χ0n) is 68.4. The second-order valence-corrected chi connectivity index (χ2v) is 31.7. The van der Waals surface area contributed by atoms with E-state index in [1.807, 2.05) is 0 Å². The number of aliphatic hydroxyl groups is 24. The van der Waals surface area contributed by atoms with Gasteiger partial charge in [-0.3, -0.25) is 24.0 Å². The predicted molar refractivity (Wildman–Crippen MR) is 391 cm³/mol. The van der Waals surface area contributed by atoms with Crippen LogP contribution in [0.1, 0.15) is 60.3 Å². The van der Waals surface area contributed by atoms with E-state index in [-0.39, 0.29) is 0 Å². The first-order valence-electron chi connectivity index (χ1n) is 39.6. The van der Waals surface area contributed by atoms with E-state index in [2.05, 4.69) is 26.0 Å². The van der Waals surface area contributed by atoms with Crippen molar-refractivity contribution in [1.82, 2.24) is 21.3 Å². The molecule has 8 saturated heterocycles. The number of nitrogens with one attached hydrogen (secondary N) is 4. The van der Waals surface area contributed by atoms with Crippen LogP contribution in [0.2, 0.25) is 0 Å². The quantitative estimate of drug-likeness (QED) is 0.0254. The summed E-state index contributed by atoms with van der Waals surface area (Å²) in [6.45, 7) is -6.95. The van der Waals surface area contributed by atoms with Gasteiger partial charge in [-0.2, -0.15) is 0 Å². The average Bonchev–Trinajstić information content (AvgIpc) is 0.752. The molecular formula is C70H113N5O53. The lowest BCUT2D eigenvalue weighted by Crippen LogP contribution is -2.73. The van der Waals surface area contributed by atoms with Gasteiger partial charge in [0.25, 0.3) is 23.1 Å². The van der Waals surface area contributed by atoms with Crippen molar-refractivity contribution in [2.45, 2.75) is 328 Å². The SMILES string of the molecule is CC(=O)N[C@H]1[C@H](O[C@@H]2[C@H](O[C@]3(C(=O)O)C[C@H](O)[C@@H](NC(C)=O)[C@H]([C@H](O)[C@@H](CO)O[C@]4(C(=O)O)C[C@H](O)[C@@H](NC(C)=O)[C@H]([C@H](O)[C@@H](CO)O[C@]5(C(=O)O)C[C@H](O)[C@@H](N)[C@H]([C@H](O)[C@H](O)COC(C)=O)O5)O4)O3)[C@@H](O)[C@H](O[C@H]3[C@H](O)[C@@H](O)[C@H](O)O[C@@H]3CO)O[C@@H]2CO)O[C@H](CO)[C@H](O)[C@@H]1O[C@@H]1O[C@H](CO)[C@H](O)[C@H](O[C@]2(C(=O)O)C[C@H](O)[C@@H](NC(C)=O)[C@H]([C@H](O)[C@H](O)CO)O2)[C@H]1O. The molecule has 8 aliphatic heterocycles. The number of aliphatic carboxylic acids is 4. The number of hydrogen-bond acceptors (Lipinski definition) is 50. The van der Waals surface area contributed by atoms with E-state index in [9.17, 15) is 186 Å². The van der Waals surface area contributed by atoms with E-state index >= 15 is 0 Å². The number of carbonyl (C=O) groups is 9. The normalized spacial score (nSPS) is 42.5. The van der Waals surface area contributed by atoms with Crippen LogP contribution < -0.4 is 27.0 Å². The van der Waals surface area contributed by atoms with Crippen molar-refractivity contribution in [3.05, 3.63) is 0 Å². The van der Waals surface area contributed by atoms with Crippen molar-refractivity contribution in [3.63, 3.8) is 0 Å². The van der Waals surface area contributed by atoms with E-state index in [0.717, 1.165) is 34.6 Å². The summed E-state index contributed by atoms with van der Waals surface area (Å²) in [6, 6.07) is -10.4. The van der Waals surface area contributed by atoms with Crippen molar-refractivity contribution < 1.29 is 262 Å². The van der Waals surface area contributed by atoms with Crippen LogP contribution in [0.15, 0.2) is 0 Å². The molecule has 736 valence electrons. The number of esters is 1. The topological polar surface area (TPSA) is 942 Å². The highest BCUT2D eigenvalue weighted by Gasteiger charge is 2.67. The van der Waals surface area contributed by atoms with Gasteiger partial charge in [-0.1, -0.05) is 0 Å². The standard InChI is InChI=1S/C70H113N5O53/c1-18(83)72-36-25(90)8-69(65(109)110,124-54(36)40(94)27(92)10-76)127-57-43(97)30(12-78)116-61(48(57)102)120-53-39(75-21(4)86)60(115-29(11-77)42(53)96)119-51-34(16-82)117-62(118-50-33(15-81)114-59(104)47(101)46(50)100)49(103)58(51)128-70(66(111)112)9-26(91)38(74-20(3)85)56(126-70)45(99)32(14-80)122-68(64(107)108)7-24(89)37(73-19(2)84)55(125-68)44(98)31(13-79)121-67(63(105)106)6-23(88)35(71)52(123-67)41(95)28(93)17-113-22(5)87/h23-62,76-82,88-104H,6-17,71H2,1-5H3,(H,72,83)(H,73,84)(H,74,85)(H,75,86)(H,105,106)(H,107,108)(H,109,110)(H,111,112)/t23-,24-,25-,26-,27+,28+,29+,30+,31+,32+,33+,34+,35+,36+,37+,38+,39+,40+,41+,42-,43-,44+,45+,46+,47+,48+,49+,50+,51-,52+,53+,54+,55+,56+,57-,58+,59+,60-,61-,62-,67+,68+,69-,70-/m0/s1. The first kappa shape index (κ1) is 107. The highest BCUT2D eigenvalue weighted by molar-refractivity contribution is 5.79. The molecule has 0 radical (unpaired) electrons. The molecular weight excluding hydrogens is 1760 g/mol. The summed E-state index contributed by atoms with van der Waals surface area (Å²) in [5.74, 6) is -29.2. The Morgan fingerprint density at radius 1 is 0.367 bits per heavy atom. The predicted octanol–water partition coefficient (Wildman–Crippen LogP) is -20.5. The van der Waals surface area contributed by atoms with Gasteiger partial charge in [0.1, 0.15) is 177 Å². The molecule has 58 heteroatoms. The number of carboxylic acid groups (broad SMARTS) is 4. The van der Waals surface area contributed by atoms with Crippen molar-refractivity contribution >= 4 is 53.5 Å². The average molecular weight is 1870 g/mol. The van der Waals surface area contributed by atoms with Crippen molar-refractivity contribution in [2.75, 3.05) is 52.9 Å². The molecule has 128 heavy (non-hydrogen) atoms. The van der Waals surface area contributed by atoms with Crippen LogP contribution in [0.25, 0.3) is 0 Å². The van der Waals surface area contributed by atoms with Crippen LogP contribution in [0.4, 0.5) is 0 Å². The minimum absolute atomic E-state index is 0.758. The third kappa shape index (κ3) is 23.3. The molecule has 0 aromatic rings. The molecule has 34 N–H and O–H groups in total. The first-order valence-corrected chi connectivity index (χ1v) is 39.6. The third-order valence-corrected chi connectivity index (χ3v) is 22.5. The highest BCUT2D eigenvalue weighted by Crippen LogP contribution is 2.45. The summed E-state index contributed by atoms with van der Waals surface area (Å²) in [5.41, 5.74) is 6.04. The van der Waals surface area contributed by atoms with Gasteiger partial charge in [0.2, 0.25) is 23.6 Å². The smallest absolute Gasteiger partial charge is 0.364 e. The summed E-state index contributed by atoms with van der Waals surface area (Å²) in [6.07, 6.45) is -91.7. The number of carbonyl (C=O) groups excluding carboxylic acids is 5. The minimum Gasteiger partial charge on any atom is -0.477 e. The number of hydrogen-bond donors (Lipinski definition) is 33. The monoisotopic (exact) mass is 1870 g/mol. The summed E-state index contributed by atoms with van der Waals surface area (Å²) in [5, 5.41) is 324. The molecule has 8 rings (SSSR count). The minimum atomic E-state index is -3.88. The summed E-state index contributed by atoms with van der Waals surface area (Å²) < 4.78 is 92.2. The second-order valence-electron chi connectivity index (χ2n) is 31.7. The Balaban J connectivity index is 1.19. The van der Waals surface area contributed by atoms with Crippen LogP contribution in [0, 0.1) is 0 Å². The van der Waals surface area contributed by atoms with E-state index in [4.69, 9.17) is 76.8 Å². The lowest BCUT2D eigenvalue weighted by Gasteiger charge is -2.53. The molecule has 0 aromatic carbocycles. The summed E-state index contributed by atoms with van der Waals surface area (Å²) >= 11 is 0. The fourth-order valence-electron chi connectivity index (χ4n) is 16.1. The van der Waals surface area contributed by atoms with Crippen LogP contribution in [-0.2, 0) is 119 Å². The number of aliphatic hydroxyl groups excluding tert-OH is 24. The molecule has 0 saturated carbocycles. The molecule has 0 unspecified atom stereocenters. The van der Waals surface area contributed by atoms with Crippen molar-refractivity contribution in [1.29, 1.82) is 0 Å². The summed E-state index contributed by atoms with van der Waals surface area (Å²) in [7, 11) is 0. The van der Waals surface area contributed by atoms with E-state index in [1.54, 1.807) is 0 Å². The van der Waals surface area contributed by atoms with Gasteiger partial charge in [-0.25, -0.2) is 19.2 Å². The van der Waals surface area contributed by atoms with Gasteiger partial charge in [-0.05, 0) is 0 Å². The molecule has 8 aliphatic rings. The fraction of sp³-hybridized carbons (Fsp3) is 0.871. The van der Waals surface area contributed by atoms with Gasteiger partial charge in [0.15, 0.2) is 25.2 Å². The van der Waals surface area contributed by atoms with Crippen molar-refractivity contribution in [3.8, 4) is 0 Å². The number of carboxylic acids is 4.